The zero-order valence-electron chi connectivity index (χ0n) is 13.5. The third-order valence-corrected chi connectivity index (χ3v) is 4.17. The van der Waals surface area contributed by atoms with E-state index >= 15 is 0 Å². The van der Waals surface area contributed by atoms with Crippen LogP contribution in [0.4, 0.5) is 13.2 Å². The number of carbonyl (C=O) groups is 1. The molecule has 0 aliphatic carbocycles. The highest BCUT2D eigenvalue weighted by atomic mass is 19.4. The van der Waals surface area contributed by atoms with Crippen LogP contribution in [0.5, 0.6) is 0 Å². The van der Waals surface area contributed by atoms with E-state index < -0.39 is 17.7 Å². The first-order chi connectivity index (χ1) is 11.7. The van der Waals surface area contributed by atoms with Crippen LogP contribution in [0.25, 0.3) is 22.2 Å². The van der Waals surface area contributed by atoms with Crippen LogP contribution in [-0.2, 0) is 6.18 Å². The Labute approximate surface area is 141 Å². The van der Waals surface area contributed by atoms with Crippen molar-refractivity contribution < 1.29 is 23.1 Å². The SMILES string of the molecule is Cc1ccc(-c2cc(C(=O)O)c3cc(C(F)(F)F)ccc3n2)cc1C. The number of aromatic nitrogens is 1. The first-order valence-corrected chi connectivity index (χ1v) is 7.50. The number of fused-ring (bicyclic) bond motifs is 1. The van der Waals surface area contributed by atoms with Crippen LogP contribution in [0.3, 0.4) is 0 Å². The zero-order chi connectivity index (χ0) is 18.4. The number of aryl methyl sites for hydroxylation is 2. The number of nitrogens with zero attached hydrogens (tertiary/aromatic N) is 1. The van der Waals surface area contributed by atoms with Crippen molar-refractivity contribution in [2.75, 3.05) is 0 Å². The van der Waals surface area contributed by atoms with E-state index in [2.05, 4.69) is 4.98 Å². The minimum Gasteiger partial charge on any atom is -0.478 e. The minimum atomic E-state index is -4.54. The number of carboxylic acids is 1. The average molecular weight is 345 g/mol. The molecule has 128 valence electrons. The number of alkyl halides is 3. The Morgan fingerprint density at radius 1 is 1.00 bits per heavy atom. The molecule has 0 aliphatic rings. The van der Waals surface area contributed by atoms with Gasteiger partial charge >= 0.3 is 12.1 Å². The molecule has 3 rings (SSSR count). The molecule has 0 aliphatic heterocycles. The molecule has 0 radical (unpaired) electrons. The number of pyridine rings is 1. The smallest absolute Gasteiger partial charge is 0.416 e. The van der Waals surface area contributed by atoms with Gasteiger partial charge in [0.15, 0.2) is 0 Å². The van der Waals surface area contributed by atoms with Gasteiger partial charge in [0.2, 0.25) is 0 Å². The van der Waals surface area contributed by atoms with Gasteiger partial charge in [0, 0.05) is 10.9 Å². The molecule has 25 heavy (non-hydrogen) atoms. The molecule has 0 spiro atoms. The number of benzene rings is 2. The third-order valence-electron chi connectivity index (χ3n) is 4.17. The highest BCUT2D eigenvalue weighted by Gasteiger charge is 2.31. The Morgan fingerprint density at radius 2 is 1.72 bits per heavy atom. The van der Waals surface area contributed by atoms with Crippen molar-refractivity contribution in [3.8, 4) is 11.3 Å². The standard InChI is InChI=1S/C19H14F3NO2/c1-10-3-4-12(7-11(10)2)17-9-15(18(24)25)14-8-13(19(20,21)22)5-6-16(14)23-17/h3-9H,1-2H3,(H,24,25). The highest BCUT2D eigenvalue weighted by Crippen LogP contribution is 2.33. The molecule has 1 aromatic heterocycles. The first kappa shape index (κ1) is 17.0. The molecule has 1 N–H and O–H groups in total. The number of hydrogen-bond donors (Lipinski definition) is 1. The Kier molecular flexibility index (Phi) is 3.99. The lowest BCUT2D eigenvalue weighted by molar-refractivity contribution is -0.137. The normalized spacial score (nSPS) is 11.7. The van der Waals surface area contributed by atoms with Crippen LogP contribution >= 0.6 is 0 Å². The fourth-order valence-electron chi connectivity index (χ4n) is 2.63. The number of hydrogen-bond acceptors (Lipinski definition) is 2. The number of halogens is 3. The van der Waals surface area contributed by atoms with Gasteiger partial charge in [-0.15, -0.1) is 0 Å². The van der Waals surface area contributed by atoms with E-state index in [0.29, 0.717) is 11.3 Å². The summed E-state index contributed by atoms with van der Waals surface area (Å²) in [5.74, 6) is -1.29. The molecule has 0 bridgehead atoms. The summed E-state index contributed by atoms with van der Waals surface area (Å²) in [4.78, 5) is 15.9. The Bertz CT molecular complexity index is 994. The van der Waals surface area contributed by atoms with Crippen LogP contribution in [-0.4, -0.2) is 16.1 Å². The summed E-state index contributed by atoms with van der Waals surface area (Å²) in [7, 11) is 0. The van der Waals surface area contributed by atoms with E-state index in [4.69, 9.17) is 0 Å². The molecular weight excluding hydrogens is 331 g/mol. The van der Waals surface area contributed by atoms with E-state index in [1.165, 1.54) is 12.1 Å². The van der Waals surface area contributed by atoms with Gasteiger partial charge in [-0.3, -0.25) is 0 Å². The van der Waals surface area contributed by atoms with Crippen molar-refractivity contribution in [2.45, 2.75) is 20.0 Å². The fourth-order valence-corrected chi connectivity index (χ4v) is 2.63. The topological polar surface area (TPSA) is 50.2 Å². The van der Waals surface area contributed by atoms with Crippen molar-refractivity contribution >= 4 is 16.9 Å². The summed E-state index contributed by atoms with van der Waals surface area (Å²) in [5, 5.41) is 9.41. The predicted molar refractivity (Wildman–Crippen MR) is 88.6 cm³/mol. The third kappa shape index (κ3) is 3.20. The summed E-state index contributed by atoms with van der Waals surface area (Å²) in [6.45, 7) is 3.88. The van der Waals surface area contributed by atoms with Crippen molar-refractivity contribution in [3.05, 3.63) is 64.7 Å². The highest BCUT2D eigenvalue weighted by molar-refractivity contribution is 6.04. The maximum Gasteiger partial charge on any atom is 0.416 e. The lowest BCUT2D eigenvalue weighted by Crippen LogP contribution is -2.06. The maximum absolute atomic E-state index is 12.9. The molecule has 0 saturated heterocycles. The predicted octanol–water partition coefficient (Wildman–Crippen LogP) is 5.24. The lowest BCUT2D eigenvalue weighted by atomic mass is 10.00. The summed E-state index contributed by atoms with van der Waals surface area (Å²) in [6.07, 6.45) is -4.54. The fraction of sp³-hybridized carbons (Fsp3) is 0.158. The molecule has 1 heterocycles. The lowest BCUT2D eigenvalue weighted by Gasteiger charge is -2.11. The summed E-state index contributed by atoms with van der Waals surface area (Å²) in [6, 6.07) is 9.83. The molecular formula is C19H14F3NO2. The molecule has 3 nitrogen and oxygen atoms in total. The van der Waals surface area contributed by atoms with Gasteiger partial charge in [-0.2, -0.15) is 13.2 Å². The molecule has 0 unspecified atom stereocenters. The molecule has 0 fully saturated rings. The van der Waals surface area contributed by atoms with Gasteiger partial charge in [-0.05, 0) is 55.3 Å². The quantitative estimate of drug-likeness (QED) is 0.691. The Hall–Kier alpha value is -2.89. The minimum absolute atomic E-state index is 0.0325. The summed E-state index contributed by atoms with van der Waals surface area (Å²) >= 11 is 0. The number of rotatable bonds is 2. The first-order valence-electron chi connectivity index (χ1n) is 7.50. The van der Waals surface area contributed by atoms with Crippen LogP contribution < -0.4 is 0 Å². The Morgan fingerprint density at radius 3 is 2.32 bits per heavy atom. The summed E-state index contributed by atoms with van der Waals surface area (Å²) < 4.78 is 38.7. The molecule has 0 saturated carbocycles. The molecule has 0 amide bonds. The van der Waals surface area contributed by atoms with E-state index in [0.717, 1.165) is 23.3 Å². The van der Waals surface area contributed by atoms with Gasteiger partial charge in [0.1, 0.15) is 0 Å². The average Bonchev–Trinajstić information content (AvgIpc) is 2.54. The maximum atomic E-state index is 12.9. The van der Waals surface area contributed by atoms with Gasteiger partial charge in [0.25, 0.3) is 0 Å². The van der Waals surface area contributed by atoms with E-state index in [-0.39, 0.29) is 16.5 Å². The molecule has 2 aromatic carbocycles. The van der Waals surface area contributed by atoms with Gasteiger partial charge in [0.05, 0.1) is 22.3 Å². The van der Waals surface area contributed by atoms with Crippen LogP contribution in [0.15, 0.2) is 42.5 Å². The van der Waals surface area contributed by atoms with E-state index in [1.807, 2.05) is 32.0 Å². The second-order valence-corrected chi connectivity index (χ2v) is 5.89. The van der Waals surface area contributed by atoms with Crippen LogP contribution in [0.1, 0.15) is 27.0 Å². The van der Waals surface area contributed by atoms with Crippen LogP contribution in [0, 0.1) is 13.8 Å². The Balaban J connectivity index is 2.26. The second-order valence-electron chi connectivity index (χ2n) is 5.89. The summed E-state index contributed by atoms with van der Waals surface area (Å²) in [5.41, 5.74) is 2.33. The van der Waals surface area contributed by atoms with Gasteiger partial charge in [-0.25, -0.2) is 9.78 Å². The van der Waals surface area contributed by atoms with E-state index in [1.54, 1.807) is 0 Å². The molecule has 0 atom stereocenters. The number of aromatic carboxylic acids is 1. The molecule has 3 aromatic rings. The van der Waals surface area contributed by atoms with Crippen molar-refractivity contribution in [2.24, 2.45) is 0 Å². The van der Waals surface area contributed by atoms with Gasteiger partial charge in [-0.1, -0.05) is 12.1 Å². The second kappa shape index (κ2) is 5.88. The van der Waals surface area contributed by atoms with E-state index in [9.17, 15) is 23.1 Å². The number of carboxylic acid groups (broad SMARTS) is 1. The molecule has 6 heteroatoms. The monoisotopic (exact) mass is 345 g/mol. The van der Waals surface area contributed by atoms with Crippen molar-refractivity contribution in [3.63, 3.8) is 0 Å². The largest absolute Gasteiger partial charge is 0.478 e. The zero-order valence-corrected chi connectivity index (χ0v) is 13.5. The van der Waals surface area contributed by atoms with Crippen LogP contribution in [0.2, 0.25) is 0 Å². The van der Waals surface area contributed by atoms with Crippen molar-refractivity contribution in [1.29, 1.82) is 0 Å². The van der Waals surface area contributed by atoms with Crippen molar-refractivity contribution in [1.82, 2.24) is 4.98 Å². The van der Waals surface area contributed by atoms with Gasteiger partial charge < -0.3 is 5.11 Å².